The lowest BCUT2D eigenvalue weighted by molar-refractivity contribution is 0.0651. The molecule has 0 fully saturated rings. The Labute approximate surface area is 102 Å². The lowest BCUT2D eigenvalue weighted by Gasteiger charge is -2.08. The minimum absolute atomic E-state index is 0.0270. The molecule has 0 saturated heterocycles. The van der Waals surface area contributed by atoms with Gasteiger partial charge in [0, 0.05) is 6.42 Å². The first-order chi connectivity index (χ1) is 8.58. The Hall–Kier alpha value is -2.14. The first kappa shape index (κ1) is 12.3. The number of aliphatic hydroxyl groups excluding tert-OH is 1. The normalized spacial score (nSPS) is 12.3. The van der Waals surface area contributed by atoms with Crippen molar-refractivity contribution in [1.29, 1.82) is 0 Å². The van der Waals surface area contributed by atoms with Gasteiger partial charge in [-0.15, -0.1) is 0 Å². The molecule has 0 spiro atoms. The van der Waals surface area contributed by atoms with Crippen LogP contribution >= 0.6 is 0 Å². The monoisotopic (exact) mass is 250 g/mol. The van der Waals surface area contributed by atoms with Gasteiger partial charge in [0.05, 0.1) is 0 Å². The molecule has 0 saturated carbocycles. The zero-order valence-electron chi connectivity index (χ0n) is 9.34. The zero-order valence-corrected chi connectivity index (χ0v) is 9.34. The van der Waals surface area contributed by atoms with Crippen LogP contribution in [-0.2, 0) is 6.42 Å². The topological polar surface area (TPSA) is 70.7 Å². The van der Waals surface area contributed by atoms with E-state index in [9.17, 15) is 14.3 Å². The first-order valence-electron chi connectivity index (χ1n) is 5.32. The number of hydrogen-bond donors (Lipinski definition) is 2. The van der Waals surface area contributed by atoms with E-state index in [0.717, 1.165) is 0 Å². The summed E-state index contributed by atoms with van der Waals surface area (Å²) >= 11 is 0. The molecule has 4 nitrogen and oxygen atoms in total. The maximum Gasteiger partial charge on any atom is 0.371 e. The molecule has 0 bridgehead atoms. The van der Waals surface area contributed by atoms with E-state index in [1.807, 2.05) is 0 Å². The van der Waals surface area contributed by atoms with Gasteiger partial charge in [0.1, 0.15) is 17.7 Å². The SMILES string of the molecule is O=C(O)c1ccc(C(O)Cc2ccccc2F)o1. The van der Waals surface area contributed by atoms with E-state index >= 15 is 0 Å². The Morgan fingerprint density at radius 1 is 1.28 bits per heavy atom. The molecule has 0 amide bonds. The van der Waals surface area contributed by atoms with E-state index in [1.165, 1.54) is 18.2 Å². The fourth-order valence-corrected chi connectivity index (χ4v) is 1.62. The molecule has 1 atom stereocenters. The average Bonchev–Trinajstić information content (AvgIpc) is 2.81. The number of carbonyl (C=O) groups is 1. The number of aliphatic hydroxyl groups is 1. The number of hydrogen-bond acceptors (Lipinski definition) is 3. The number of carboxylic acid groups (broad SMARTS) is 1. The number of aromatic carboxylic acids is 1. The summed E-state index contributed by atoms with van der Waals surface area (Å²) in [6, 6.07) is 8.69. The summed E-state index contributed by atoms with van der Waals surface area (Å²) in [5.74, 6) is -1.77. The summed E-state index contributed by atoms with van der Waals surface area (Å²) in [6.07, 6.45) is -1.05. The van der Waals surface area contributed by atoms with Crippen LogP contribution in [0.2, 0.25) is 0 Å². The molecule has 0 aliphatic rings. The van der Waals surface area contributed by atoms with Crippen molar-refractivity contribution in [2.75, 3.05) is 0 Å². The molecule has 1 heterocycles. The Morgan fingerprint density at radius 2 is 2.00 bits per heavy atom. The molecular weight excluding hydrogens is 239 g/mol. The van der Waals surface area contributed by atoms with E-state index in [2.05, 4.69) is 0 Å². The maximum atomic E-state index is 13.4. The summed E-state index contributed by atoms with van der Waals surface area (Å²) < 4.78 is 18.3. The molecule has 2 rings (SSSR count). The molecule has 94 valence electrons. The second kappa shape index (κ2) is 5.01. The highest BCUT2D eigenvalue weighted by molar-refractivity contribution is 5.84. The van der Waals surface area contributed by atoms with E-state index in [0.29, 0.717) is 5.56 Å². The second-order valence-electron chi connectivity index (χ2n) is 3.82. The van der Waals surface area contributed by atoms with Crippen LogP contribution in [0.3, 0.4) is 0 Å². The molecule has 2 N–H and O–H groups in total. The van der Waals surface area contributed by atoms with Gasteiger partial charge in [0.2, 0.25) is 5.76 Å². The number of halogens is 1. The third-order valence-electron chi connectivity index (χ3n) is 2.54. The number of carboxylic acids is 1. The van der Waals surface area contributed by atoms with Gasteiger partial charge in [0.15, 0.2) is 0 Å². The van der Waals surface area contributed by atoms with Crippen molar-refractivity contribution in [1.82, 2.24) is 0 Å². The van der Waals surface area contributed by atoms with Crippen molar-refractivity contribution in [2.24, 2.45) is 0 Å². The van der Waals surface area contributed by atoms with Gasteiger partial charge >= 0.3 is 5.97 Å². The Kier molecular flexibility index (Phi) is 3.43. The van der Waals surface area contributed by atoms with Gasteiger partial charge in [-0.3, -0.25) is 0 Å². The van der Waals surface area contributed by atoms with Gasteiger partial charge in [-0.2, -0.15) is 0 Å². The van der Waals surface area contributed by atoms with Crippen molar-refractivity contribution in [3.63, 3.8) is 0 Å². The summed E-state index contributed by atoms with van der Waals surface area (Å²) in [4.78, 5) is 10.6. The molecule has 2 aromatic rings. The molecular formula is C13H11FO4. The van der Waals surface area contributed by atoms with Crippen LogP contribution in [0.5, 0.6) is 0 Å². The predicted molar refractivity (Wildman–Crippen MR) is 60.7 cm³/mol. The van der Waals surface area contributed by atoms with Crippen molar-refractivity contribution >= 4 is 5.97 Å². The predicted octanol–water partition coefficient (Wildman–Crippen LogP) is 2.39. The Bertz CT molecular complexity index is 562. The summed E-state index contributed by atoms with van der Waals surface area (Å²) in [7, 11) is 0. The first-order valence-corrected chi connectivity index (χ1v) is 5.32. The van der Waals surface area contributed by atoms with Crippen LogP contribution in [0.25, 0.3) is 0 Å². The fraction of sp³-hybridized carbons (Fsp3) is 0.154. The molecule has 1 aromatic heterocycles. The number of benzene rings is 1. The van der Waals surface area contributed by atoms with Crippen LogP contribution < -0.4 is 0 Å². The van der Waals surface area contributed by atoms with Crippen LogP contribution in [0, 0.1) is 5.82 Å². The van der Waals surface area contributed by atoms with Gasteiger partial charge in [-0.25, -0.2) is 9.18 Å². The molecule has 0 aliphatic carbocycles. The molecule has 1 aromatic carbocycles. The lowest BCUT2D eigenvalue weighted by Crippen LogP contribution is -2.02. The smallest absolute Gasteiger partial charge is 0.371 e. The molecule has 1 unspecified atom stereocenters. The van der Waals surface area contributed by atoms with Crippen LogP contribution in [0.15, 0.2) is 40.8 Å². The van der Waals surface area contributed by atoms with Gasteiger partial charge in [-0.1, -0.05) is 18.2 Å². The highest BCUT2D eigenvalue weighted by Crippen LogP contribution is 2.22. The Balaban J connectivity index is 2.14. The van der Waals surface area contributed by atoms with Crippen molar-refractivity contribution in [3.8, 4) is 0 Å². The van der Waals surface area contributed by atoms with Crippen molar-refractivity contribution in [2.45, 2.75) is 12.5 Å². The third kappa shape index (κ3) is 2.57. The minimum Gasteiger partial charge on any atom is -0.475 e. The molecule has 18 heavy (non-hydrogen) atoms. The largest absolute Gasteiger partial charge is 0.475 e. The fourth-order valence-electron chi connectivity index (χ4n) is 1.62. The molecule has 0 aliphatic heterocycles. The molecule has 0 radical (unpaired) electrons. The van der Waals surface area contributed by atoms with E-state index in [1.54, 1.807) is 18.2 Å². The third-order valence-corrected chi connectivity index (χ3v) is 2.54. The van der Waals surface area contributed by atoms with Crippen LogP contribution in [0.1, 0.15) is 28.0 Å². The van der Waals surface area contributed by atoms with Gasteiger partial charge in [0.25, 0.3) is 0 Å². The molecule has 5 heteroatoms. The quantitative estimate of drug-likeness (QED) is 0.874. The van der Waals surface area contributed by atoms with E-state index in [-0.39, 0.29) is 17.9 Å². The van der Waals surface area contributed by atoms with Crippen LogP contribution in [0.4, 0.5) is 4.39 Å². The number of furan rings is 1. The Morgan fingerprint density at radius 3 is 2.61 bits per heavy atom. The average molecular weight is 250 g/mol. The zero-order chi connectivity index (χ0) is 13.1. The van der Waals surface area contributed by atoms with Gasteiger partial charge < -0.3 is 14.6 Å². The lowest BCUT2D eigenvalue weighted by atomic mass is 10.1. The highest BCUT2D eigenvalue weighted by atomic mass is 19.1. The number of rotatable bonds is 4. The van der Waals surface area contributed by atoms with Gasteiger partial charge in [-0.05, 0) is 23.8 Å². The summed E-state index contributed by atoms with van der Waals surface area (Å²) in [6.45, 7) is 0. The maximum absolute atomic E-state index is 13.4. The van der Waals surface area contributed by atoms with E-state index < -0.39 is 17.9 Å². The highest BCUT2D eigenvalue weighted by Gasteiger charge is 2.17. The standard InChI is InChI=1S/C13H11FO4/c14-9-4-2-1-3-8(9)7-10(15)11-5-6-12(18-11)13(16)17/h1-6,10,15H,7H2,(H,16,17). The van der Waals surface area contributed by atoms with Crippen molar-refractivity contribution < 1.29 is 23.8 Å². The second-order valence-corrected chi connectivity index (χ2v) is 3.82. The van der Waals surface area contributed by atoms with E-state index in [4.69, 9.17) is 9.52 Å². The minimum atomic E-state index is -1.21. The summed E-state index contributed by atoms with van der Waals surface area (Å²) in [5.41, 5.74) is 0.346. The van der Waals surface area contributed by atoms with Crippen LogP contribution in [-0.4, -0.2) is 16.2 Å². The summed E-state index contributed by atoms with van der Waals surface area (Å²) in [5, 5.41) is 18.5. The van der Waals surface area contributed by atoms with Crippen molar-refractivity contribution in [3.05, 3.63) is 59.3 Å².